The van der Waals surface area contributed by atoms with Crippen molar-refractivity contribution in [3.63, 3.8) is 0 Å². The molecule has 0 aromatic heterocycles. The smallest absolute Gasteiger partial charge is 0.412 e. The van der Waals surface area contributed by atoms with E-state index in [0.29, 0.717) is 0 Å². The Morgan fingerprint density at radius 3 is 2.41 bits per heavy atom. The maximum Gasteiger partial charge on any atom is 0.412 e. The molecule has 1 aromatic rings. The van der Waals surface area contributed by atoms with Gasteiger partial charge >= 0.3 is 6.09 Å². The van der Waals surface area contributed by atoms with Gasteiger partial charge < -0.3 is 4.74 Å². The number of anilines is 1. The van der Waals surface area contributed by atoms with E-state index in [-0.39, 0.29) is 5.56 Å². The summed E-state index contributed by atoms with van der Waals surface area (Å²) in [5.41, 5.74) is -0.961. The first kappa shape index (κ1) is 13.4. The Bertz CT molecular complexity index is 439. The molecule has 1 aromatic carbocycles. The monoisotopic (exact) mass is 243 g/mol. The molecule has 0 atom stereocenters. The zero-order valence-electron chi connectivity index (χ0n) is 10.2. The van der Waals surface area contributed by atoms with E-state index < -0.39 is 29.0 Å². The molecule has 0 saturated carbocycles. The molecule has 94 valence electrons. The first-order chi connectivity index (χ1) is 7.70. The van der Waals surface area contributed by atoms with Crippen molar-refractivity contribution in [1.82, 2.24) is 0 Å². The van der Waals surface area contributed by atoms with Crippen molar-refractivity contribution >= 4 is 11.8 Å². The number of carbonyl (C=O) groups is 1. The number of amides is 1. The van der Waals surface area contributed by atoms with E-state index in [1.54, 1.807) is 20.8 Å². The molecule has 1 amide bonds. The summed E-state index contributed by atoms with van der Waals surface area (Å²) in [4.78, 5) is 11.4. The summed E-state index contributed by atoms with van der Waals surface area (Å²) in [7, 11) is 0. The summed E-state index contributed by atoms with van der Waals surface area (Å²) in [6, 6.07) is 2.38. The van der Waals surface area contributed by atoms with E-state index in [0.717, 1.165) is 6.07 Å². The maximum atomic E-state index is 13.5. The normalized spacial score (nSPS) is 11.2. The molecule has 0 bridgehead atoms. The molecule has 0 aliphatic heterocycles. The summed E-state index contributed by atoms with van der Waals surface area (Å²) in [6.45, 7) is 6.47. The summed E-state index contributed by atoms with van der Waals surface area (Å²) in [5, 5.41) is 2.06. The summed E-state index contributed by atoms with van der Waals surface area (Å²) < 4.78 is 31.8. The lowest BCUT2D eigenvalue weighted by Gasteiger charge is -2.20. The van der Waals surface area contributed by atoms with Crippen LogP contribution in [0.1, 0.15) is 26.3 Å². The Hall–Kier alpha value is -1.65. The lowest BCUT2D eigenvalue weighted by atomic mass is 10.2. The van der Waals surface area contributed by atoms with Crippen LogP contribution in [0.4, 0.5) is 19.3 Å². The van der Waals surface area contributed by atoms with Gasteiger partial charge in [-0.1, -0.05) is 6.07 Å². The highest BCUT2D eigenvalue weighted by atomic mass is 19.1. The number of aryl methyl sites for hydroxylation is 1. The van der Waals surface area contributed by atoms with Gasteiger partial charge in [-0.25, -0.2) is 13.6 Å². The largest absolute Gasteiger partial charge is 0.444 e. The minimum absolute atomic E-state index is 0.248. The topological polar surface area (TPSA) is 38.3 Å². The predicted molar refractivity (Wildman–Crippen MR) is 61.0 cm³/mol. The maximum absolute atomic E-state index is 13.5. The molecule has 1 N–H and O–H groups in total. The lowest BCUT2D eigenvalue weighted by molar-refractivity contribution is 0.0634. The van der Waals surface area contributed by atoms with E-state index in [1.165, 1.54) is 13.0 Å². The Balaban J connectivity index is 2.89. The zero-order chi connectivity index (χ0) is 13.2. The first-order valence-electron chi connectivity index (χ1n) is 5.15. The van der Waals surface area contributed by atoms with Crippen LogP contribution < -0.4 is 5.32 Å². The highest BCUT2D eigenvalue weighted by molar-refractivity contribution is 5.85. The van der Waals surface area contributed by atoms with E-state index in [4.69, 9.17) is 4.74 Å². The third kappa shape index (κ3) is 3.69. The lowest BCUT2D eigenvalue weighted by Crippen LogP contribution is -2.27. The van der Waals surface area contributed by atoms with Crippen LogP contribution in [0.15, 0.2) is 12.1 Å². The van der Waals surface area contributed by atoms with Crippen LogP contribution >= 0.6 is 0 Å². The van der Waals surface area contributed by atoms with Crippen molar-refractivity contribution in [3.05, 3.63) is 29.3 Å². The van der Waals surface area contributed by atoms with Gasteiger partial charge in [-0.2, -0.15) is 0 Å². The summed E-state index contributed by atoms with van der Waals surface area (Å²) in [6.07, 6.45) is -0.888. The number of hydrogen-bond donors (Lipinski definition) is 1. The molecule has 17 heavy (non-hydrogen) atoms. The Kier molecular flexibility index (Phi) is 3.70. The Morgan fingerprint density at radius 1 is 1.29 bits per heavy atom. The van der Waals surface area contributed by atoms with E-state index in [9.17, 15) is 13.6 Å². The number of rotatable bonds is 1. The average molecular weight is 243 g/mol. The minimum Gasteiger partial charge on any atom is -0.444 e. The quantitative estimate of drug-likeness (QED) is 0.818. The molecule has 0 heterocycles. The number of nitrogens with one attached hydrogen (secondary N) is 1. The standard InChI is InChI=1S/C12H15F2NO2/c1-7-5-6-8(13)10(9(7)14)15-11(16)17-12(2,3)4/h5-6H,1-4H3,(H,15,16). The molecule has 5 heteroatoms. The van der Waals surface area contributed by atoms with Crippen molar-refractivity contribution in [3.8, 4) is 0 Å². The molecule has 1 rings (SSSR count). The van der Waals surface area contributed by atoms with Crippen molar-refractivity contribution in [2.24, 2.45) is 0 Å². The van der Waals surface area contributed by atoms with Gasteiger partial charge in [0.2, 0.25) is 0 Å². The molecule has 0 radical (unpaired) electrons. The van der Waals surface area contributed by atoms with Gasteiger partial charge in [-0.15, -0.1) is 0 Å². The Labute approximate surface area is 98.8 Å². The average Bonchev–Trinajstić information content (AvgIpc) is 2.16. The van der Waals surface area contributed by atoms with Gasteiger partial charge in [-0.05, 0) is 39.3 Å². The zero-order valence-corrected chi connectivity index (χ0v) is 10.2. The van der Waals surface area contributed by atoms with E-state index in [1.807, 2.05) is 0 Å². The first-order valence-corrected chi connectivity index (χ1v) is 5.15. The van der Waals surface area contributed by atoms with Crippen molar-refractivity contribution in [1.29, 1.82) is 0 Å². The van der Waals surface area contributed by atoms with Gasteiger partial charge in [0, 0.05) is 0 Å². The van der Waals surface area contributed by atoms with Crippen LogP contribution in [0, 0.1) is 18.6 Å². The molecule has 3 nitrogen and oxygen atoms in total. The van der Waals surface area contributed by atoms with Gasteiger partial charge in [0.25, 0.3) is 0 Å². The van der Waals surface area contributed by atoms with Crippen molar-refractivity contribution in [2.75, 3.05) is 5.32 Å². The fraction of sp³-hybridized carbons (Fsp3) is 0.417. The molecular weight excluding hydrogens is 228 g/mol. The van der Waals surface area contributed by atoms with Crippen LogP contribution in [0.25, 0.3) is 0 Å². The summed E-state index contributed by atoms with van der Waals surface area (Å²) in [5.74, 6) is -1.63. The summed E-state index contributed by atoms with van der Waals surface area (Å²) >= 11 is 0. The number of halogens is 2. The van der Waals surface area contributed by atoms with Crippen LogP contribution in [0.5, 0.6) is 0 Å². The van der Waals surface area contributed by atoms with Gasteiger partial charge in [0.1, 0.15) is 17.1 Å². The third-order valence-electron chi connectivity index (χ3n) is 1.91. The second-order valence-electron chi connectivity index (χ2n) is 4.68. The predicted octanol–water partition coefficient (Wildman–Crippen LogP) is 3.62. The second-order valence-corrected chi connectivity index (χ2v) is 4.68. The highest BCUT2D eigenvalue weighted by Crippen LogP contribution is 2.22. The van der Waals surface area contributed by atoms with Gasteiger partial charge in [0.05, 0.1) is 0 Å². The molecular formula is C12H15F2NO2. The van der Waals surface area contributed by atoms with Crippen LogP contribution in [-0.4, -0.2) is 11.7 Å². The van der Waals surface area contributed by atoms with E-state index >= 15 is 0 Å². The molecule has 0 unspecified atom stereocenters. The molecule has 0 aliphatic carbocycles. The number of carbonyl (C=O) groups excluding carboxylic acids is 1. The third-order valence-corrected chi connectivity index (χ3v) is 1.91. The molecule has 0 spiro atoms. The SMILES string of the molecule is Cc1ccc(F)c(NC(=O)OC(C)(C)C)c1F. The van der Waals surface area contributed by atoms with Crippen molar-refractivity contribution in [2.45, 2.75) is 33.3 Å². The number of benzene rings is 1. The molecule has 0 fully saturated rings. The number of ether oxygens (including phenoxy) is 1. The second kappa shape index (κ2) is 4.69. The number of hydrogen-bond acceptors (Lipinski definition) is 2. The Morgan fingerprint density at radius 2 is 1.88 bits per heavy atom. The van der Waals surface area contributed by atoms with Crippen LogP contribution in [0.2, 0.25) is 0 Å². The molecule has 0 saturated heterocycles. The molecule has 0 aliphatic rings. The van der Waals surface area contributed by atoms with Gasteiger partial charge in [-0.3, -0.25) is 5.32 Å². The minimum atomic E-state index is -0.888. The highest BCUT2D eigenvalue weighted by Gasteiger charge is 2.19. The van der Waals surface area contributed by atoms with Crippen LogP contribution in [0.3, 0.4) is 0 Å². The van der Waals surface area contributed by atoms with Crippen LogP contribution in [-0.2, 0) is 4.74 Å². The van der Waals surface area contributed by atoms with Gasteiger partial charge in [0.15, 0.2) is 5.82 Å². The van der Waals surface area contributed by atoms with Crippen molar-refractivity contribution < 1.29 is 18.3 Å². The fourth-order valence-corrected chi connectivity index (χ4v) is 1.18. The fourth-order valence-electron chi connectivity index (χ4n) is 1.18. The van der Waals surface area contributed by atoms with E-state index in [2.05, 4.69) is 5.32 Å².